The predicted octanol–water partition coefficient (Wildman–Crippen LogP) is 2.73. The number of imide groups is 1. The van der Waals surface area contributed by atoms with Crippen LogP contribution in [-0.2, 0) is 4.79 Å². The van der Waals surface area contributed by atoms with Crippen molar-refractivity contribution >= 4 is 23.8 Å². The van der Waals surface area contributed by atoms with E-state index in [1.165, 1.54) is 4.90 Å². The summed E-state index contributed by atoms with van der Waals surface area (Å²) >= 11 is 0. The van der Waals surface area contributed by atoms with Gasteiger partial charge in [-0.3, -0.25) is 19.3 Å². The Labute approximate surface area is 221 Å². The fourth-order valence-electron chi connectivity index (χ4n) is 5.77. The molecule has 1 saturated carbocycles. The van der Waals surface area contributed by atoms with Gasteiger partial charge in [-0.05, 0) is 75.1 Å². The molecule has 0 spiro atoms. The molecule has 2 aliphatic heterocycles. The quantitative estimate of drug-likeness (QED) is 0.540. The molecule has 0 radical (unpaired) electrons. The highest BCUT2D eigenvalue weighted by atomic mass is 16.5. The number of benzene rings is 1. The molecule has 5 amide bonds. The van der Waals surface area contributed by atoms with Crippen molar-refractivity contribution in [3.05, 3.63) is 59.8 Å². The minimum Gasteiger partial charge on any atom is -0.474 e. The van der Waals surface area contributed by atoms with Crippen LogP contribution in [0, 0.1) is 5.92 Å². The topological polar surface area (TPSA) is 135 Å². The summed E-state index contributed by atoms with van der Waals surface area (Å²) in [5, 5.41) is 2.89. The molecule has 10 heteroatoms. The van der Waals surface area contributed by atoms with Crippen molar-refractivity contribution in [3.8, 4) is 5.88 Å². The third-order valence-electron chi connectivity index (χ3n) is 7.87. The van der Waals surface area contributed by atoms with Crippen molar-refractivity contribution < 1.29 is 23.9 Å². The lowest BCUT2D eigenvalue weighted by Crippen LogP contribution is -2.44. The molecule has 1 unspecified atom stereocenters. The molecule has 1 aliphatic carbocycles. The number of rotatable bonds is 7. The molecule has 3 N–H and O–H groups in total. The molecule has 3 fully saturated rings. The van der Waals surface area contributed by atoms with Crippen LogP contribution in [0.25, 0.3) is 0 Å². The second-order valence-electron chi connectivity index (χ2n) is 10.3. The largest absolute Gasteiger partial charge is 0.474 e. The second-order valence-corrected chi connectivity index (χ2v) is 10.3. The van der Waals surface area contributed by atoms with Gasteiger partial charge in [-0.1, -0.05) is 18.2 Å². The second kappa shape index (κ2) is 11.2. The molecular weight excluding hydrogens is 486 g/mol. The fraction of sp³-hybridized carbons (Fsp3) is 0.464. The average Bonchev–Trinajstić information content (AvgIpc) is 3.22. The highest BCUT2D eigenvalue weighted by Gasteiger charge is 2.44. The molecule has 2 saturated heterocycles. The molecule has 1 aromatic heterocycles. The molecule has 1 atom stereocenters. The number of nitrogens with zero attached hydrogens (tertiary/aromatic N) is 3. The Morgan fingerprint density at radius 1 is 0.974 bits per heavy atom. The van der Waals surface area contributed by atoms with Crippen molar-refractivity contribution in [2.24, 2.45) is 11.7 Å². The average molecular weight is 520 g/mol. The van der Waals surface area contributed by atoms with Gasteiger partial charge in [0.05, 0.1) is 0 Å². The minimum absolute atomic E-state index is 0.0361. The number of piperidine rings is 1. The van der Waals surface area contributed by atoms with Crippen molar-refractivity contribution in [3.63, 3.8) is 0 Å². The number of hydrogen-bond donors (Lipinski definition) is 2. The van der Waals surface area contributed by atoms with Gasteiger partial charge in [0.2, 0.25) is 5.88 Å². The van der Waals surface area contributed by atoms with Gasteiger partial charge in [0, 0.05) is 30.9 Å². The monoisotopic (exact) mass is 519 g/mol. The summed E-state index contributed by atoms with van der Waals surface area (Å²) in [7, 11) is 0. The summed E-state index contributed by atoms with van der Waals surface area (Å²) in [6, 6.07) is 11.4. The molecule has 1 aromatic carbocycles. The SMILES string of the molecule is NC(=O)c1cccnc1OC1CCC(N2C(=O)NC(CC3CCN(C(=O)c4ccccc4)CC3)C2=O)CC1. The maximum atomic E-state index is 13.2. The first-order valence-corrected chi connectivity index (χ1v) is 13.3. The zero-order chi connectivity index (χ0) is 26.6. The number of pyridine rings is 1. The number of nitrogens with two attached hydrogens (primary N) is 1. The number of primary amides is 1. The Balaban J connectivity index is 1.10. The van der Waals surface area contributed by atoms with Gasteiger partial charge in [-0.15, -0.1) is 0 Å². The van der Waals surface area contributed by atoms with Crippen LogP contribution < -0.4 is 15.8 Å². The van der Waals surface area contributed by atoms with Crippen LogP contribution in [0.2, 0.25) is 0 Å². The Kier molecular flexibility index (Phi) is 7.57. The summed E-state index contributed by atoms with van der Waals surface area (Å²) < 4.78 is 5.94. The molecule has 2 aromatic rings. The third-order valence-corrected chi connectivity index (χ3v) is 7.87. The normalized spacial score (nSPS) is 24.3. The van der Waals surface area contributed by atoms with E-state index in [1.54, 1.807) is 18.3 Å². The lowest BCUT2D eigenvalue weighted by atomic mass is 9.89. The van der Waals surface area contributed by atoms with Gasteiger partial charge in [0.15, 0.2) is 0 Å². The zero-order valence-corrected chi connectivity index (χ0v) is 21.3. The maximum absolute atomic E-state index is 13.2. The number of nitrogens with one attached hydrogen (secondary N) is 1. The van der Waals surface area contributed by atoms with Gasteiger partial charge in [0.25, 0.3) is 17.7 Å². The number of ether oxygens (including phenoxy) is 1. The Hall–Kier alpha value is -3.95. The summed E-state index contributed by atoms with van der Waals surface area (Å²) in [4.78, 5) is 57.7. The summed E-state index contributed by atoms with van der Waals surface area (Å²) in [6.45, 7) is 1.30. The first-order chi connectivity index (χ1) is 18.4. The summed E-state index contributed by atoms with van der Waals surface area (Å²) in [6.07, 6.45) is 6.09. The lowest BCUT2D eigenvalue weighted by molar-refractivity contribution is -0.130. The van der Waals surface area contributed by atoms with Gasteiger partial charge in [-0.2, -0.15) is 0 Å². The predicted molar refractivity (Wildman–Crippen MR) is 138 cm³/mol. The number of carbonyl (C=O) groups excluding carboxylic acids is 4. The van der Waals surface area contributed by atoms with Crippen molar-refractivity contribution in [1.29, 1.82) is 0 Å². The van der Waals surface area contributed by atoms with E-state index in [0.717, 1.165) is 12.8 Å². The summed E-state index contributed by atoms with van der Waals surface area (Å²) in [5.41, 5.74) is 6.34. The van der Waals surface area contributed by atoms with Crippen LogP contribution in [-0.4, -0.2) is 69.8 Å². The number of urea groups is 1. The van der Waals surface area contributed by atoms with E-state index in [9.17, 15) is 19.2 Å². The number of carbonyl (C=O) groups is 4. The van der Waals surface area contributed by atoms with E-state index in [-0.39, 0.29) is 47.4 Å². The number of likely N-dealkylation sites (tertiary alicyclic amines) is 1. The van der Waals surface area contributed by atoms with Crippen LogP contribution in [0.4, 0.5) is 4.79 Å². The highest BCUT2D eigenvalue weighted by Crippen LogP contribution is 2.31. The van der Waals surface area contributed by atoms with Gasteiger partial charge < -0.3 is 20.7 Å². The van der Waals surface area contributed by atoms with E-state index in [2.05, 4.69) is 10.3 Å². The van der Waals surface area contributed by atoms with E-state index < -0.39 is 11.9 Å². The fourth-order valence-corrected chi connectivity index (χ4v) is 5.77. The number of aromatic nitrogens is 1. The standard InChI is InChI=1S/C28H33N5O5/c29-24(34)22-7-4-14-30-25(22)38-21-10-8-20(9-11-21)33-27(36)23(31-28(33)37)17-18-12-15-32(16-13-18)26(35)19-5-2-1-3-6-19/h1-7,14,18,20-21,23H,8-13,15-17H2,(H2,29,34)(H,31,37). The van der Waals surface area contributed by atoms with Crippen LogP contribution in [0.15, 0.2) is 48.7 Å². The van der Waals surface area contributed by atoms with Crippen LogP contribution in [0.3, 0.4) is 0 Å². The maximum Gasteiger partial charge on any atom is 0.325 e. The Bertz CT molecular complexity index is 1190. The first kappa shape index (κ1) is 25.7. The number of hydrogen-bond acceptors (Lipinski definition) is 6. The molecule has 200 valence electrons. The van der Waals surface area contributed by atoms with Crippen molar-refractivity contribution in [1.82, 2.24) is 20.1 Å². The van der Waals surface area contributed by atoms with Crippen LogP contribution >= 0.6 is 0 Å². The minimum atomic E-state index is -0.597. The van der Waals surface area contributed by atoms with Gasteiger partial charge in [-0.25, -0.2) is 9.78 Å². The van der Waals surface area contributed by atoms with Crippen molar-refractivity contribution in [2.45, 2.75) is 63.1 Å². The smallest absolute Gasteiger partial charge is 0.325 e. The zero-order valence-electron chi connectivity index (χ0n) is 21.3. The lowest BCUT2D eigenvalue weighted by Gasteiger charge is -2.34. The highest BCUT2D eigenvalue weighted by molar-refractivity contribution is 6.04. The third kappa shape index (κ3) is 5.49. The molecule has 3 heterocycles. The van der Waals surface area contributed by atoms with Gasteiger partial charge >= 0.3 is 6.03 Å². The van der Waals surface area contributed by atoms with Crippen LogP contribution in [0.5, 0.6) is 5.88 Å². The van der Waals surface area contributed by atoms with E-state index in [0.29, 0.717) is 50.8 Å². The molecule has 38 heavy (non-hydrogen) atoms. The first-order valence-electron chi connectivity index (χ1n) is 13.3. The van der Waals surface area contributed by atoms with E-state index >= 15 is 0 Å². The van der Waals surface area contributed by atoms with Crippen LogP contribution in [0.1, 0.15) is 65.7 Å². The van der Waals surface area contributed by atoms with E-state index in [4.69, 9.17) is 10.5 Å². The van der Waals surface area contributed by atoms with Gasteiger partial charge in [0.1, 0.15) is 17.7 Å². The van der Waals surface area contributed by atoms with Crippen molar-refractivity contribution in [2.75, 3.05) is 13.1 Å². The van der Waals surface area contributed by atoms with E-state index in [1.807, 2.05) is 35.2 Å². The molecular formula is C28H33N5O5. The Morgan fingerprint density at radius 3 is 2.37 bits per heavy atom. The molecule has 5 rings (SSSR count). The summed E-state index contributed by atoms with van der Waals surface area (Å²) in [5.74, 6) is -0.238. The molecule has 0 bridgehead atoms. The number of amides is 5. The Morgan fingerprint density at radius 2 is 1.68 bits per heavy atom. The molecule has 10 nitrogen and oxygen atoms in total. The molecule has 3 aliphatic rings.